The van der Waals surface area contributed by atoms with Crippen molar-refractivity contribution in [3.05, 3.63) is 29.3 Å². The number of carbonyl (C=O) groups is 3. The molecular weight excluding hydrogens is 376 g/mol. The summed E-state index contributed by atoms with van der Waals surface area (Å²) in [6, 6.07) is 2.67. The van der Waals surface area contributed by atoms with Crippen LogP contribution in [0.5, 0.6) is 0 Å². The van der Waals surface area contributed by atoms with E-state index in [2.05, 4.69) is 5.32 Å². The van der Waals surface area contributed by atoms with Gasteiger partial charge in [0, 0.05) is 25.1 Å². The molecule has 0 heterocycles. The van der Waals surface area contributed by atoms with Gasteiger partial charge in [-0.1, -0.05) is 19.9 Å². The molecule has 1 aromatic carbocycles. The van der Waals surface area contributed by atoms with Crippen molar-refractivity contribution in [2.75, 3.05) is 13.1 Å². The number of sulfonamides is 1. The van der Waals surface area contributed by atoms with Gasteiger partial charge in [-0.05, 0) is 31.0 Å². The molecule has 0 aliphatic rings. The normalized spacial score (nSPS) is 12.6. The van der Waals surface area contributed by atoms with Crippen LogP contribution in [0.1, 0.15) is 42.6 Å². The summed E-state index contributed by atoms with van der Waals surface area (Å²) in [5.41, 5.74) is 0.484. The van der Waals surface area contributed by atoms with Gasteiger partial charge in [0.15, 0.2) is 0 Å². The lowest BCUT2D eigenvalue weighted by atomic mass is 10.1. The van der Waals surface area contributed by atoms with Gasteiger partial charge in [-0.2, -0.15) is 4.31 Å². The Morgan fingerprint density at radius 2 is 1.74 bits per heavy atom. The first-order valence-electron chi connectivity index (χ1n) is 8.40. The highest BCUT2D eigenvalue weighted by molar-refractivity contribution is 7.89. The molecule has 0 unspecified atom stereocenters. The van der Waals surface area contributed by atoms with E-state index in [-0.39, 0.29) is 30.0 Å². The van der Waals surface area contributed by atoms with Crippen LogP contribution in [0.3, 0.4) is 0 Å². The number of hydrogen-bond donors (Lipinski definition) is 3. The molecule has 1 atom stereocenters. The predicted octanol–water partition coefficient (Wildman–Crippen LogP) is 1.07. The smallest absolute Gasteiger partial charge is 0.326 e. The van der Waals surface area contributed by atoms with Gasteiger partial charge in [0.05, 0.1) is 4.90 Å². The number of nitrogens with zero attached hydrogens (tertiary/aromatic N) is 1. The van der Waals surface area contributed by atoms with Gasteiger partial charge in [0.1, 0.15) is 6.04 Å². The summed E-state index contributed by atoms with van der Waals surface area (Å²) < 4.78 is 26.5. The molecule has 0 bridgehead atoms. The maximum atomic E-state index is 12.6. The van der Waals surface area contributed by atoms with E-state index in [1.807, 2.05) is 0 Å². The third kappa shape index (κ3) is 5.76. The summed E-state index contributed by atoms with van der Waals surface area (Å²) in [6.07, 6.45) is -0.709. The number of carboxylic acid groups (broad SMARTS) is 2. The van der Waals surface area contributed by atoms with E-state index in [4.69, 9.17) is 10.2 Å². The molecule has 0 aliphatic carbocycles. The first-order chi connectivity index (χ1) is 12.5. The molecule has 0 spiro atoms. The van der Waals surface area contributed by atoms with Gasteiger partial charge >= 0.3 is 11.9 Å². The number of amides is 1. The van der Waals surface area contributed by atoms with Crippen LogP contribution in [0.15, 0.2) is 23.1 Å². The van der Waals surface area contributed by atoms with E-state index in [1.54, 1.807) is 20.8 Å². The van der Waals surface area contributed by atoms with Gasteiger partial charge in [-0.25, -0.2) is 13.2 Å². The first-order valence-corrected chi connectivity index (χ1v) is 9.84. The summed E-state index contributed by atoms with van der Waals surface area (Å²) in [4.78, 5) is 34.3. The molecule has 1 amide bonds. The largest absolute Gasteiger partial charge is 0.481 e. The monoisotopic (exact) mass is 400 g/mol. The molecule has 27 heavy (non-hydrogen) atoms. The molecule has 1 aromatic rings. The molecule has 0 radical (unpaired) electrons. The Labute approximate surface area is 158 Å². The first kappa shape index (κ1) is 22.6. The van der Waals surface area contributed by atoms with Crippen molar-refractivity contribution in [2.24, 2.45) is 0 Å². The number of aliphatic carboxylic acids is 2. The van der Waals surface area contributed by atoms with E-state index in [0.717, 1.165) is 0 Å². The van der Waals surface area contributed by atoms with Crippen LogP contribution in [-0.4, -0.2) is 59.9 Å². The second-order valence-corrected chi connectivity index (χ2v) is 7.80. The van der Waals surface area contributed by atoms with E-state index in [0.29, 0.717) is 5.56 Å². The number of carboxylic acids is 2. The van der Waals surface area contributed by atoms with Crippen LogP contribution < -0.4 is 5.32 Å². The third-order valence-corrected chi connectivity index (χ3v) is 6.09. The predicted molar refractivity (Wildman–Crippen MR) is 97.0 cm³/mol. The van der Waals surface area contributed by atoms with Crippen molar-refractivity contribution >= 4 is 27.9 Å². The third-order valence-electron chi connectivity index (χ3n) is 4.05. The van der Waals surface area contributed by atoms with Crippen LogP contribution >= 0.6 is 0 Å². The van der Waals surface area contributed by atoms with Gasteiger partial charge < -0.3 is 15.5 Å². The summed E-state index contributed by atoms with van der Waals surface area (Å²) in [6.45, 7) is 5.52. The van der Waals surface area contributed by atoms with Crippen LogP contribution in [-0.2, 0) is 19.6 Å². The zero-order valence-electron chi connectivity index (χ0n) is 15.4. The van der Waals surface area contributed by atoms with Crippen molar-refractivity contribution in [1.29, 1.82) is 0 Å². The Balaban J connectivity index is 3.17. The molecule has 10 heteroatoms. The Morgan fingerprint density at radius 1 is 1.15 bits per heavy atom. The lowest BCUT2D eigenvalue weighted by molar-refractivity contribution is -0.140. The highest BCUT2D eigenvalue weighted by atomic mass is 32.2. The minimum Gasteiger partial charge on any atom is -0.481 e. The molecule has 0 aromatic heterocycles. The van der Waals surface area contributed by atoms with Gasteiger partial charge in [0.2, 0.25) is 10.0 Å². The van der Waals surface area contributed by atoms with Crippen LogP contribution in [0.4, 0.5) is 0 Å². The number of nitrogens with one attached hydrogen (secondary N) is 1. The summed E-state index contributed by atoms with van der Waals surface area (Å²) in [5.74, 6) is -3.32. The molecule has 150 valence electrons. The molecule has 0 fully saturated rings. The van der Waals surface area contributed by atoms with Crippen molar-refractivity contribution in [2.45, 2.75) is 44.6 Å². The maximum Gasteiger partial charge on any atom is 0.326 e. The van der Waals surface area contributed by atoms with Gasteiger partial charge in [-0.15, -0.1) is 0 Å². The molecule has 1 rings (SSSR count). The Morgan fingerprint density at radius 3 is 2.22 bits per heavy atom. The number of rotatable bonds is 10. The fraction of sp³-hybridized carbons (Fsp3) is 0.471. The highest BCUT2D eigenvalue weighted by Gasteiger charge is 2.26. The van der Waals surface area contributed by atoms with E-state index in [1.165, 1.54) is 22.5 Å². The minimum absolute atomic E-state index is 0.0183. The number of carbonyl (C=O) groups excluding carboxylic acids is 1. The second kappa shape index (κ2) is 9.47. The van der Waals surface area contributed by atoms with Crippen molar-refractivity contribution < 1.29 is 33.0 Å². The van der Waals surface area contributed by atoms with Gasteiger partial charge in [-0.3, -0.25) is 9.59 Å². The van der Waals surface area contributed by atoms with Crippen LogP contribution in [0.2, 0.25) is 0 Å². The zero-order chi connectivity index (χ0) is 20.8. The fourth-order valence-electron chi connectivity index (χ4n) is 2.48. The maximum absolute atomic E-state index is 12.6. The second-order valence-electron chi connectivity index (χ2n) is 5.86. The Hall–Kier alpha value is -2.46. The summed E-state index contributed by atoms with van der Waals surface area (Å²) in [5, 5.41) is 20.1. The Bertz CT molecular complexity index is 817. The number of aryl methyl sites for hydroxylation is 1. The topological polar surface area (TPSA) is 141 Å². The molecule has 0 saturated heterocycles. The minimum atomic E-state index is -3.78. The van der Waals surface area contributed by atoms with Gasteiger partial charge in [0.25, 0.3) is 5.91 Å². The lowest BCUT2D eigenvalue weighted by Crippen LogP contribution is -2.41. The molecule has 0 aliphatic heterocycles. The zero-order valence-corrected chi connectivity index (χ0v) is 16.2. The lowest BCUT2D eigenvalue weighted by Gasteiger charge is -2.20. The number of benzene rings is 1. The van der Waals surface area contributed by atoms with E-state index >= 15 is 0 Å². The molecule has 0 saturated carbocycles. The van der Waals surface area contributed by atoms with E-state index < -0.39 is 40.3 Å². The molecular formula is C17H24N2O7S. The van der Waals surface area contributed by atoms with Crippen molar-refractivity contribution in [1.82, 2.24) is 9.62 Å². The summed E-state index contributed by atoms with van der Waals surface area (Å²) >= 11 is 0. The number of hydrogen-bond acceptors (Lipinski definition) is 5. The van der Waals surface area contributed by atoms with Crippen LogP contribution in [0, 0.1) is 6.92 Å². The van der Waals surface area contributed by atoms with Crippen LogP contribution in [0.25, 0.3) is 0 Å². The average Bonchev–Trinajstić information content (AvgIpc) is 2.58. The SMILES string of the molecule is CCN(CC)S(=O)(=O)c1ccc(C)c(C(=O)N[C@@H](CCC(=O)O)C(=O)O)c1. The van der Waals surface area contributed by atoms with E-state index in [9.17, 15) is 22.8 Å². The molecule has 9 nitrogen and oxygen atoms in total. The van der Waals surface area contributed by atoms with Crippen molar-refractivity contribution in [3.8, 4) is 0 Å². The standard InChI is InChI=1S/C17H24N2O7S/c1-4-19(5-2)27(25,26)12-7-6-11(3)13(10-12)16(22)18-14(17(23)24)8-9-15(20)21/h6-7,10,14H,4-5,8-9H2,1-3H3,(H,18,22)(H,20,21)(H,23,24)/t14-/m0/s1. The fourth-order valence-corrected chi connectivity index (χ4v) is 3.96. The quantitative estimate of drug-likeness (QED) is 0.533. The highest BCUT2D eigenvalue weighted by Crippen LogP contribution is 2.20. The molecule has 3 N–H and O–H groups in total. The average molecular weight is 400 g/mol. The summed E-state index contributed by atoms with van der Waals surface area (Å²) in [7, 11) is -3.78. The Kier molecular flexibility index (Phi) is 7.92. The van der Waals surface area contributed by atoms with Crippen molar-refractivity contribution in [3.63, 3.8) is 0 Å².